The lowest BCUT2D eigenvalue weighted by Gasteiger charge is -2.25. The number of hydrogen-bond acceptors (Lipinski definition) is 3. The van der Waals surface area contributed by atoms with Crippen LogP contribution in [0.4, 0.5) is 0 Å². The first-order chi connectivity index (χ1) is 11.3. The van der Waals surface area contributed by atoms with Gasteiger partial charge in [0, 0.05) is 12.3 Å². The van der Waals surface area contributed by atoms with E-state index in [0.29, 0.717) is 5.17 Å². The molecule has 0 aliphatic carbocycles. The number of benzene rings is 1. The lowest BCUT2D eigenvalue weighted by Crippen LogP contribution is -2.31. The second kappa shape index (κ2) is 10.5. The van der Waals surface area contributed by atoms with Crippen molar-refractivity contribution in [2.45, 2.75) is 58.3 Å². The summed E-state index contributed by atoms with van der Waals surface area (Å²) in [4.78, 5) is 0. The summed E-state index contributed by atoms with van der Waals surface area (Å²) in [6.07, 6.45) is 10.5. The first kappa shape index (κ1) is 18.1. The summed E-state index contributed by atoms with van der Waals surface area (Å²) >= 11 is 1.58. The van der Waals surface area contributed by atoms with E-state index < -0.39 is 0 Å². The van der Waals surface area contributed by atoms with Gasteiger partial charge in [0.15, 0.2) is 5.17 Å². The number of nitrogens with one attached hydrogen (secondary N) is 1. The van der Waals surface area contributed by atoms with Crippen molar-refractivity contribution < 1.29 is 0 Å². The maximum Gasteiger partial charge on any atom is 0.177 e. The number of nitrogens with zero attached hydrogens (tertiary/aromatic N) is 2. The summed E-state index contributed by atoms with van der Waals surface area (Å²) in [5.74, 6) is 0.802. The minimum absolute atomic E-state index is 0.590. The number of hydrazone groups is 1. The Hall–Kier alpha value is -1.29. The topological polar surface area (TPSA) is 39.5 Å². The maximum atomic E-state index is 8.07. The van der Waals surface area contributed by atoms with E-state index in [1.165, 1.54) is 50.5 Å². The molecule has 1 N–H and O–H groups in total. The minimum Gasteiger partial charge on any atom is -0.277 e. The highest BCUT2D eigenvalue weighted by atomic mass is 32.2. The van der Waals surface area contributed by atoms with Crippen LogP contribution >= 0.6 is 11.8 Å². The molecule has 0 saturated heterocycles. The van der Waals surface area contributed by atoms with Gasteiger partial charge in [-0.25, -0.2) is 5.01 Å². The van der Waals surface area contributed by atoms with Gasteiger partial charge < -0.3 is 0 Å². The lowest BCUT2D eigenvalue weighted by atomic mass is 10.1. The molecular formula is C19H29N3S. The van der Waals surface area contributed by atoms with Gasteiger partial charge in [0.2, 0.25) is 0 Å². The molecular weight excluding hydrogens is 302 g/mol. The molecule has 0 amide bonds. The fourth-order valence-corrected chi connectivity index (χ4v) is 3.53. The molecule has 0 radical (unpaired) electrons. The number of thioether (sulfide) groups is 1. The predicted molar refractivity (Wildman–Crippen MR) is 102 cm³/mol. The van der Waals surface area contributed by atoms with E-state index in [1.807, 2.05) is 23.2 Å². The van der Waals surface area contributed by atoms with Crippen LogP contribution in [0.1, 0.15) is 63.9 Å². The van der Waals surface area contributed by atoms with Gasteiger partial charge in [-0.2, -0.15) is 5.10 Å². The van der Waals surface area contributed by atoms with Crippen LogP contribution in [0.5, 0.6) is 0 Å². The largest absolute Gasteiger partial charge is 0.277 e. The van der Waals surface area contributed by atoms with Crippen molar-refractivity contribution >= 4 is 22.6 Å². The first-order valence-electron chi connectivity index (χ1n) is 8.93. The smallest absolute Gasteiger partial charge is 0.177 e. The van der Waals surface area contributed by atoms with E-state index >= 15 is 0 Å². The summed E-state index contributed by atoms with van der Waals surface area (Å²) in [5.41, 5.74) is 2.26. The van der Waals surface area contributed by atoms with E-state index in [4.69, 9.17) is 10.5 Å². The molecule has 1 aliphatic rings. The number of amidine groups is 1. The quantitative estimate of drug-likeness (QED) is 0.574. The Morgan fingerprint density at radius 1 is 1.00 bits per heavy atom. The van der Waals surface area contributed by atoms with Gasteiger partial charge in [0.05, 0.1) is 5.71 Å². The molecule has 4 heteroatoms. The molecule has 1 heterocycles. The Morgan fingerprint density at radius 2 is 1.65 bits per heavy atom. The molecule has 0 atom stereocenters. The molecule has 2 rings (SSSR count). The zero-order chi connectivity index (χ0) is 16.3. The summed E-state index contributed by atoms with van der Waals surface area (Å²) in [6, 6.07) is 10.3. The molecule has 0 spiro atoms. The highest BCUT2D eigenvalue weighted by molar-refractivity contribution is 8.14. The normalized spacial score (nSPS) is 14.9. The predicted octanol–water partition coefficient (Wildman–Crippen LogP) is 5.51. The first-order valence-corrected chi connectivity index (χ1v) is 9.91. The van der Waals surface area contributed by atoms with Crippen LogP contribution < -0.4 is 0 Å². The second-order valence-electron chi connectivity index (χ2n) is 6.10. The Labute approximate surface area is 145 Å². The molecule has 0 aromatic heterocycles. The third-order valence-corrected chi connectivity index (χ3v) is 5.05. The maximum absolute atomic E-state index is 8.07. The van der Waals surface area contributed by atoms with Crippen LogP contribution in [0.3, 0.4) is 0 Å². The molecule has 23 heavy (non-hydrogen) atoms. The molecule has 0 saturated carbocycles. The van der Waals surface area contributed by atoms with Crippen LogP contribution in [-0.4, -0.2) is 28.2 Å². The SMILES string of the molecule is CCCCCCCCCCN1N=C(c2ccccc2)CSC1=N. The fraction of sp³-hybridized carbons (Fsp3) is 0.579. The molecule has 1 aromatic carbocycles. The Bertz CT molecular complexity index is 499. The molecule has 1 aromatic rings. The van der Waals surface area contributed by atoms with Crippen molar-refractivity contribution in [3.8, 4) is 0 Å². The molecule has 3 nitrogen and oxygen atoms in total. The van der Waals surface area contributed by atoms with Gasteiger partial charge >= 0.3 is 0 Å². The van der Waals surface area contributed by atoms with Crippen molar-refractivity contribution in [2.24, 2.45) is 5.10 Å². The minimum atomic E-state index is 0.590. The van der Waals surface area contributed by atoms with E-state index in [2.05, 4.69) is 19.1 Å². The Kier molecular flexibility index (Phi) is 8.23. The van der Waals surface area contributed by atoms with E-state index in [9.17, 15) is 0 Å². The monoisotopic (exact) mass is 331 g/mol. The molecule has 1 aliphatic heterocycles. The van der Waals surface area contributed by atoms with Crippen LogP contribution in [-0.2, 0) is 0 Å². The van der Waals surface area contributed by atoms with Gasteiger partial charge in [-0.3, -0.25) is 5.41 Å². The van der Waals surface area contributed by atoms with Crippen molar-refractivity contribution in [1.29, 1.82) is 5.41 Å². The van der Waals surface area contributed by atoms with Gasteiger partial charge in [0.25, 0.3) is 0 Å². The van der Waals surface area contributed by atoms with Crippen molar-refractivity contribution in [3.05, 3.63) is 35.9 Å². The van der Waals surface area contributed by atoms with E-state index in [1.54, 1.807) is 11.8 Å². The highest BCUT2D eigenvalue weighted by Crippen LogP contribution is 2.19. The molecule has 0 fully saturated rings. The standard InChI is InChI=1S/C19H29N3S/c1-2-3-4-5-6-7-8-12-15-22-19(20)23-16-18(21-22)17-13-10-9-11-14-17/h9-11,13-14,20H,2-8,12,15-16H2,1H3. The van der Waals surface area contributed by atoms with Crippen LogP contribution in [0.25, 0.3) is 0 Å². The molecule has 0 bridgehead atoms. The summed E-state index contributed by atoms with van der Waals surface area (Å²) < 4.78 is 0. The van der Waals surface area contributed by atoms with Gasteiger partial charge in [-0.1, -0.05) is 94.0 Å². The summed E-state index contributed by atoms with van der Waals surface area (Å²) in [5, 5.41) is 15.2. The van der Waals surface area contributed by atoms with Crippen molar-refractivity contribution in [3.63, 3.8) is 0 Å². The number of unbranched alkanes of at least 4 members (excludes halogenated alkanes) is 7. The Balaban J connectivity index is 1.72. The lowest BCUT2D eigenvalue weighted by molar-refractivity contribution is 0.423. The fourth-order valence-electron chi connectivity index (χ4n) is 2.75. The summed E-state index contributed by atoms with van der Waals surface area (Å²) in [6.45, 7) is 3.13. The zero-order valence-electron chi connectivity index (χ0n) is 14.3. The van der Waals surface area contributed by atoms with Gasteiger partial charge in [-0.15, -0.1) is 0 Å². The van der Waals surface area contributed by atoms with Crippen LogP contribution in [0.2, 0.25) is 0 Å². The van der Waals surface area contributed by atoms with Gasteiger partial charge in [-0.05, 0) is 12.0 Å². The Morgan fingerprint density at radius 3 is 2.35 bits per heavy atom. The van der Waals surface area contributed by atoms with Crippen molar-refractivity contribution in [2.75, 3.05) is 12.3 Å². The van der Waals surface area contributed by atoms with Crippen molar-refractivity contribution in [1.82, 2.24) is 5.01 Å². The van der Waals surface area contributed by atoms with Crippen LogP contribution in [0.15, 0.2) is 35.4 Å². The average Bonchev–Trinajstić information content (AvgIpc) is 2.59. The number of rotatable bonds is 10. The summed E-state index contributed by atoms with van der Waals surface area (Å²) in [7, 11) is 0. The second-order valence-corrected chi connectivity index (χ2v) is 7.07. The number of hydrogen-bond donors (Lipinski definition) is 1. The van der Waals surface area contributed by atoms with Gasteiger partial charge in [0.1, 0.15) is 0 Å². The van der Waals surface area contributed by atoms with E-state index in [0.717, 1.165) is 24.4 Å². The average molecular weight is 332 g/mol. The third kappa shape index (κ3) is 6.38. The third-order valence-electron chi connectivity index (χ3n) is 4.15. The zero-order valence-corrected chi connectivity index (χ0v) is 15.1. The molecule has 0 unspecified atom stereocenters. The van der Waals surface area contributed by atoms with Crippen LogP contribution in [0, 0.1) is 5.41 Å². The molecule has 126 valence electrons. The highest BCUT2D eigenvalue weighted by Gasteiger charge is 2.18. The van der Waals surface area contributed by atoms with E-state index in [-0.39, 0.29) is 0 Å².